The first-order valence-electron chi connectivity index (χ1n) is 7.21. The molecule has 0 spiro atoms. The van der Waals surface area contributed by atoms with E-state index in [-0.39, 0.29) is 6.03 Å². The first-order chi connectivity index (χ1) is 10.6. The summed E-state index contributed by atoms with van der Waals surface area (Å²) in [6.45, 7) is 2.04. The molecule has 4 nitrogen and oxygen atoms in total. The average molecular weight is 292 g/mol. The third kappa shape index (κ3) is 1.61. The molecule has 0 fully saturated rings. The molecule has 1 aliphatic rings. The Bertz CT molecular complexity index is 883. The van der Waals surface area contributed by atoms with Crippen molar-refractivity contribution in [3.8, 4) is 5.75 Å². The average Bonchev–Trinajstić information content (AvgIpc) is 3.05. The molecule has 1 atom stereocenters. The number of hydrogen-bond donors (Lipinski definition) is 1. The van der Waals surface area contributed by atoms with Crippen LogP contribution in [0.2, 0.25) is 0 Å². The monoisotopic (exact) mass is 292 g/mol. The van der Waals surface area contributed by atoms with Crippen LogP contribution < -0.4 is 10.1 Å². The van der Waals surface area contributed by atoms with Gasteiger partial charge in [0.25, 0.3) is 0 Å². The van der Waals surface area contributed by atoms with Crippen LogP contribution in [0.15, 0.2) is 54.6 Å². The minimum absolute atomic E-state index is 0.0958. The van der Waals surface area contributed by atoms with Crippen LogP contribution in [0.1, 0.15) is 18.2 Å². The number of aromatic nitrogens is 1. The van der Waals surface area contributed by atoms with Gasteiger partial charge in [-0.1, -0.05) is 30.3 Å². The van der Waals surface area contributed by atoms with Crippen LogP contribution in [0, 0.1) is 0 Å². The van der Waals surface area contributed by atoms with Gasteiger partial charge in [-0.15, -0.1) is 0 Å². The number of nitrogens with one attached hydrogen (secondary N) is 1. The molecule has 110 valence electrons. The SMILES string of the molecule is COc1ccc2c(c1)cc1n2C(=O)NC1(C)c1ccccc1. The van der Waals surface area contributed by atoms with E-state index in [1.165, 1.54) is 0 Å². The lowest BCUT2D eigenvalue weighted by Gasteiger charge is -2.24. The summed E-state index contributed by atoms with van der Waals surface area (Å²) in [5.74, 6) is 0.790. The first kappa shape index (κ1) is 13.0. The lowest BCUT2D eigenvalue weighted by atomic mass is 9.89. The Labute approximate surface area is 128 Å². The first-order valence-corrected chi connectivity index (χ1v) is 7.21. The van der Waals surface area contributed by atoms with Crippen molar-refractivity contribution in [1.82, 2.24) is 9.88 Å². The lowest BCUT2D eigenvalue weighted by molar-refractivity contribution is 0.243. The van der Waals surface area contributed by atoms with E-state index in [2.05, 4.69) is 11.4 Å². The van der Waals surface area contributed by atoms with Gasteiger partial charge in [0.05, 0.1) is 18.3 Å². The molecular formula is C18H16N2O2. The predicted octanol–water partition coefficient (Wildman–Crippen LogP) is 3.48. The molecule has 0 radical (unpaired) electrons. The minimum Gasteiger partial charge on any atom is -0.497 e. The summed E-state index contributed by atoms with van der Waals surface area (Å²) < 4.78 is 7.03. The Hall–Kier alpha value is -2.75. The molecule has 2 aromatic carbocycles. The van der Waals surface area contributed by atoms with E-state index in [9.17, 15) is 4.79 Å². The van der Waals surface area contributed by atoms with Crippen molar-refractivity contribution in [2.24, 2.45) is 0 Å². The van der Waals surface area contributed by atoms with Crippen molar-refractivity contribution in [3.63, 3.8) is 0 Å². The zero-order chi connectivity index (χ0) is 15.3. The van der Waals surface area contributed by atoms with Gasteiger partial charge in [-0.05, 0) is 36.8 Å². The fraction of sp³-hybridized carbons (Fsp3) is 0.167. The zero-order valence-corrected chi connectivity index (χ0v) is 12.5. The Kier molecular flexibility index (Phi) is 2.57. The van der Waals surface area contributed by atoms with Crippen molar-refractivity contribution in [2.75, 3.05) is 7.11 Å². The molecule has 1 N–H and O–H groups in total. The molecule has 0 saturated heterocycles. The summed E-state index contributed by atoms with van der Waals surface area (Å²) in [5, 5.41) is 4.11. The number of carbonyl (C=O) groups excluding carboxylic acids is 1. The number of fused-ring (bicyclic) bond motifs is 3. The van der Waals surface area contributed by atoms with Crippen molar-refractivity contribution in [3.05, 3.63) is 65.9 Å². The van der Waals surface area contributed by atoms with Gasteiger partial charge in [0, 0.05) is 5.39 Å². The van der Waals surface area contributed by atoms with E-state index in [1.54, 1.807) is 11.7 Å². The Balaban J connectivity index is 1.98. The number of hydrogen-bond acceptors (Lipinski definition) is 2. The van der Waals surface area contributed by atoms with Crippen molar-refractivity contribution < 1.29 is 9.53 Å². The summed E-state index contributed by atoms with van der Waals surface area (Å²) in [4.78, 5) is 12.5. The fourth-order valence-electron chi connectivity index (χ4n) is 3.23. The third-order valence-electron chi connectivity index (χ3n) is 4.43. The molecular weight excluding hydrogens is 276 g/mol. The number of amides is 1. The van der Waals surface area contributed by atoms with E-state index < -0.39 is 5.54 Å². The van der Waals surface area contributed by atoms with Gasteiger partial charge in [0.2, 0.25) is 0 Å². The molecule has 1 aliphatic heterocycles. The number of nitrogens with zero attached hydrogens (tertiary/aromatic N) is 1. The summed E-state index contributed by atoms with van der Waals surface area (Å²) in [7, 11) is 1.64. The van der Waals surface area contributed by atoms with E-state index in [1.807, 2.05) is 55.5 Å². The van der Waals surface area contributed by atoms with Crippen LogP contribution in [-0.2, 0) is 5.54 Å². The minimum atomic E-state index is -0.523. The summed E-state index contributed by atoms with van der Waals surface area (Å²) in [6.07, 6.45) is 0. The van der Waals surface area contributed by atoms with Crippen LogP contribution in [0.25, 0.3) is 10.9 Å². The molecule has 0 saturated carbocycles. The normalized spacial score (nSPS) is 20.0. The molecule has 1 aromatic heterocycles. The molecule has 0 aliphatic carbocycles. The van der Waals surface area contributed by atoms with Crippen LogP contribution >= 0.6 is 0 Å². The van der Waals surface area contributed by atoms with Gasteiger partial charge < -0.3 is 10.1 Å². The van der Waals surface area contributed by atoms with E-state index in [0.717, 1.165) is 27.9 Å². The molecule has 1 unspecified atom stereocenters. The summed E-state index contributed by atoms with van der Waals surface area (Å²) >= 11 is 0. The predicted molar refractivity (Wildman–Crippen MR) is 85.3 cm³/mol. The van der Waals surface area contributed by atoms with Gasteiger partial charge in [-0.2, -0.15) is 0 Å². The Morgan fingerprint density at radius 3 is 2.59 bits per heavy atom. The highest BCUT2D eigenvalue weighted by molar-refractivity contribution is 5.97. The highest BCUT2D eigenvalue weighted by Gasteiger charge is 2.41. The van der Waals surface area contributed by atoms with E-state index >= 15 is 0 Å². The highest BCUT2D eigenvalue weighted by atomic mass is 16.5. The smallest absolute Gasteiger partial charge is 0.327 e. The van der Waals surface area contributed by atoms with Crippen molar-refractivity contribution in [1.29, 1.82) is 0 Å². The zero-order valence-electron chi connectivity index (χ0n) is 12.5. The van der Waals surface area contributed by atoms with Gasteiger partial charge in [-0.3, -0.25) is 4.57 Å². The summed E-state index contributed by atoms with van der Waals surface area (Å²) in [5.41, 5.74) is 2.39. The summed E-state index contributed by atoms with van der Waals surface area (Å²) in [6, 6.07) is 17.7. The maximum atomic E-state index is 12.5. The fourth-order valence-corrected chi connectivity index (χ4v) is 3.23. The van der Waals surface area contributed by atoms with Gasteiger partial charge >= 0.3 is 6.03 Å². The number of benzene rings is 2. The van der Waals surface area contributed by atoms with Gasteiger partial charge in [0.1, 0.15) is 11.3 Å². The van der Waals surface area contributed by atoms with Crippen molar-refractivity contribution >= 4 is 16.9 Å². The Morgan fingerprint density at radius 1 is 1.09 bits per heavy atom. The van der Waals surface area contributed by atoms with Crippen LogP contribution in [-0.4, -0.2) is 17.7 Å². The van der Waals surface area contributed by atoms with Crippen molar-refractivity contribution in [2.45, 2.75) is 12.5 Å². The molecule has 2 heterocycles. The molecule has 1 amide bonds. The second-order valence-electron chi connectivity index (χ2n) is 5.71. The topological polar surface area (TPSA) is 43.3 Å². The number of carbonyl (C=O) groups is 1. The molecule has 3 aromatic rings. The standard InChI is InChI=1S/C18H16N2O2/c1-18(13-6-4-3-5-7-13)16-11-12-10-14(22-2)8-9-15(12)20(16)17(21)19-18/h3-11H,1-2H3,(H,19,21). The molecule has 0 bridgehead atoms. The molecule has 4 rings (SSSR count). The Morgan fingerprint density at radius 2 is 1.86 bits per heavy atom. The molecule has 4 heteroatoms. The number of rotatable bonds is 2. The van der Waals surface area contributed by atoms with Crippen LogP contribution in [0.3, 0.4) is 0 Å². The number of methoxy groups -OCH3 is 1. The van der Waals surface area contributed by atoms with Crippen LogP contribution in [0.5, 0.6) is 5.75 Å². The molecule has 22 heavy (non-hydrogen) atoms. The maximum absolute atomic E-state index is 12.5. The lowest BCUT2D eigenvalue weighted by Crippen LogP contribution is -2.37. The van der Waals surface area contributed by atoms with E-state index in [4.69, 9.17) is 4.74 Å². The largest absolute Gasteiger partial charge is 0.497 e. The quantitative estimate of drug-likeness (QED) is 0.785. The third-order valence-corrected chi connectivity index (χ3v) is 4.43. The highest BCUT2D eigenvalue weighted by Crippen LogP contribution is 2.38. The second kappa shape index (κ2) is 4.37. The van der Waals surface area contributed by atoms with Gasteiger partial charge in [-0.25, -0.2) is 4.79 Å². The van der Waals surface area contributed by atoms with E-state index in [0.29, 0.717) is 0 Å². The second-order valence-corrected chi connectivity index (χ2v) is 5.71. The van der Waals surface area contributed by atoms with Gasteiger partial charge in [0.15, 0.2) is 0 Å². The number of ether oxygens (including phenoxy) is 1. The maximum Gasteiger partial charge on any atom is 0.327 e. The van der Waals surface area contributed by atoms with Crippen LogP contribution in [0.4, 0.5) is 4.79 Å².